The van der Waals surface area contributed by atoms with Crippen LogP contribution in [0.1, 0.15) is 93.9 Å². The lowest BCUT2D eigenvalue weighted by molar-refractivity contribution is -0.137. The van der Waals surface area contributed by atoms with Crippen molar-refractivity contribution in [3.8, 4) is 0 Å². The molecule has 0 saturated heterocycles. The summed E-state index contributed by atoms with van der Waals surface area (Å²) in [6, 6.07) is 7.70. The normalized spacial score (nSPS) is 12.0. The van der Waals surface area contributed by atoms with Gasteiger partial charge < -0.3 is 10.2 Å². The fourth-order valence-corrected chi connectivity index (χ4v) is 4.46. The molecule has 1 atom stereocenters. The number of aryl methyl sites for hydroxylation is 1. The van der Waals surface area contributed by atoms with Gasteiger partial charge in [-0.15, -0.1) is 11.8 Å². The van der Waals surface area contributed by atoms with Gasteiger partial charge in [-0.05, 0) is 24.0 Å². The molecule has 1 rings (SSSR count). The molecular formula is C23H36O4S. The molecule has 28 heavy (non-hydrogen) atoms. The highest BCUT2D eigenvalue weighted by atomic mass is 32.2. The number of carboxylic acid groups (broad SMARTS) is 2. The first-order chi connectivity index (χ1) is 13.6. The molecule has 0 aliphatic heterocycles. The van der Waals surface area contributed by atoms with Gasteiger partial charge in [-0.1, -0.05) is 89.0 Å². The lowest BCUT2D eigenvalue weighted by Crippen LogP contribution is -2.12. The van der Waals surface area contributed by atoms with Crippen LogP contribution in [0.25, 0.3) is 0 Å². The number of rotatable bonds is 17. The van der Waals surface area contributed by atoms with E-state index in [9.17, 15) is 14.7 Å². The van der Waals surface area contributed by atoms with Crippen molar-refractivity contribution in [1.29, 1.82) is 0 Å². The molecule has 0 amide bonds. The van der Waals surface area contributed by atoms with E-state index in [-0.39, 0.29) is 6.42 Å². The maximum absolute atomic E-state index is 11.7. The Bertz CT molecular complexity index is 573. The number of benzene rings is 1. The Morgan fingerprint density at radius 2 is 1.46 bits per heavy atom. The molecule has 1 aromatic carbocycles. The van der Waals surface area contributed by atoms with Crippen molar-refractivity contribution in [2.24, 2.45) is 0 Å². The fourth-order valence-electron chi connectivity index (χ4n) is 3.38. The quantitative estimate of drug-likeness (QED) is 0.288. The molecule has 0 bridgehead atoms. The Hall–Kier alpha value is -1.49. The maximum atomic E-state index is 11.7. The van der Waals surface area contributed by atoms with Gasteiger partial charge in [0.15, 0.2) is 0 Å². The number of hydrogen-bond acceptors (Lipinski definition) is 3. The molecule has 0 saturated carbocycles. The van der Waals surface area contributed by atoms with Gasteiger partial charge in [-0.3, -0.25) is 9.59 Å². The Labute approximate surface area is 174 Å². The molecule has 0 heterocycles. The first-order valence-electron chi connectivity index (χ1n) is 10.7. The van der Waals surface area contributed by atoms with Gasteiger partial charge in [0.05, 0.1) is 6.42 Å². The van der Waals surface area contributed by atoms with Crippen molar-refractivity contribution in [1.82, 2.24) is 0 Å². The van der Waals surface area contributed by atoms with E-state index in [1.54, 1.807) is 0 Å². The van der Waals surface area contributed by atoms with Crippen LogP contribution in [0.3, 0.4) is 0 Å². The monoisotopic (exact) mass is 408 g/mol. The minimum atomic E-state index is -0.897. The molecular weight excluding hydrogens is 372 g/mol. The summed E-state index contributed by atoms with van der Waals surface area (Å²) in [5.74, 6) is -1.49. The number of unbranched alkanes of at least 4 members (excludes halogenated alkanes) is 9. The van der Waals surface area contributed by atoms with Crippen molar-refractivity contribution in [2.45, 2.75) is 89.2 Å². The fraction of sp³-hybridized carbons (Fsp3) is 0.652. The molecule has 0 unspecified atom stereocenters. The van der Waals surface area contributed by atoms with Crippen LogP contribution < -0.4 is 0 Å². The lowest BCUT2D eigenvalue weighted by atomic mass is 9.98. The highest BCUT2D eigenvalue weighted by Gasteiger charge is 2.23. The van der Waals surface area contributed by atoms with Crippen molar-refractivity contribution in [3.63, 3.8) is 0 Å². The average Bonchev–Trinajstić information content (AvgIpc) is 2.67. The van der Waals surface area contributed by atoms with Gasteiger partial charge in [0, 0.05) is 5.75 Å². The predicted molar refractivity (Wildman–Crippen MR) is 117 cm³/mol. The summed E-state index contributed by atoms with van der Waals surface area (Å²) in [5, 5.41) is 17.7. The second kappa shape index (κ2) is 15.4. The number of aliphatic carboxylic acids is 2. The van der Waals surface area contributed by atoms with Crippen molar-refractivity contribution < 1.29 is 19.8 Å². The summed E-state index contributed by atoms with van der Waals surface area (Å²) in [4.78, 5) is 22.4. The molecule has 0 aromatic heterocycles. The summed E-state index contributed by atoms with van der Waals surface area (Å²) in [6.07, 6.45) is 13.7. The zero-order valence-corrected chi connectivity index (χ0v) is 18.0. The lowest BCUT2D eigenvalue weighted by Gasteiger charge is -2.16. The van der Waals surface area contributed by atoms with Crippen LogP contribution in [0.2, 0.25) is 0 Å². The minimum absolute atomic E-state index is 0.0188. The van der Waals surface area contributed by atoms with Crippen molar-refractivity contribution in [3.05, 3.63) is 35.4 Å². The molecule has 0 spiro atoms. The second-order valence-electron chi connectivity index (χ2n) is 7.36. The van der Waals surface area contributed by atoms with E-state index in [0.717, 1.165) is 24.0 Å². The smallest absolute Gasteiger partial charge is 0.321 e. The van der Waals surface area contributed by atoms with Crippen molar-refractivity contribution >= 4 is 23.7 Å². The zero-order chi connectivity index (χ0) is 20.6. The summed E-state index contributed by atoms with van der Waals surface area (Å²) in [5.41, 5.74) is 1.90. The topological polar surface area (TPSA) is 74.6 Å². The van der Waals surface area contributed by atoms with Gasteiger partial charge >= 0.3 is 11.9 Å². The Balaban J connectivity index is 2.39. The number of hydrogen-bond donors (Lipinski definition) is 2. The summed E-state index contributed by atoms with van der Waals surface area (Å²) < 4.78 is 0. The van der Waals surface area contributed by atoms with E-state index in [0.29, 0.717) is 5.75 Å². The Morgan fingerprint density at radius 3 is 2.04 bits per heavy atom. The number of carboxylic acids is 2. The molecule has 0 fully saturated rings. The molecule has 2 N–H and O–H groups in total. The SMILES string of the molecule is CCCCCCCCCCCCc1ccccc1[C@@H](SCCC(=O)O)C(=O)O. The van der Waals surface area contributed by atoms with E-state index in [4.69, 9.17) is 5.11 Å². The third-order valence-electron chi connectivity index (χ3n) is 4.96. The number of thioether (sulfide) groups is 1. The molecule has 0 aliphatic carbocycles. The highest BCUT2D eigenvalue weighted by Crippen LogP contribution is 2.32. The summed E-state index contributed by atoms with van der Waals surface area (Å²) in [6.45, 7) is 2.24. The second-order valence-corrected chi connectivity index (χ2v) is 8.58. The number of carbonyl (C=O) groups is 2. The third kappa shape index (κ3) is 10.7. The van der Waals surface area contributed by atoms with Crippen LogP contribution in [0.5, 0.6) is 0 Å². The Kier molecular flexibility index (Phi) is 13.5. The van der Waals surface area contributed by atoms with Crippen LogP contribution in [0, 0.1) is 0 Å². The molecule has 1 aromatic rings. The highest BCUT2D eigenvalue weighted by molar-refractivity contribution is 8.00. The van der Waals surface area contributed by atoms with Crippen LogP contribution in [-0.2, 0) is 16.0 Å². The molecule has 0 aliphatic rings. The van der Waals surface area contributed by atoms with Gasteiger partial charge in [0.25, 0.3) is 0 Å². The zero-order valence-electron chi connectivity index (χ0n) is 17.2. The molecule has 4 nitrogen and oxygen atoms in total. The van der Waals surface area contributed by atoms with Crippen molar-refractivity contribution in [2.75, 3.05) is 5.75 Å². The molecule has 5 heteroatoms. The largest absolute Gasteiger partial charge is 0.481 e. The van der Waals surface area contributed by atoms with Gasteiger partial charge in [0.2, 0.25) is 0 Å². The first kappa shape index (κ1) is 24.5. The van der Waals surface area contributed by atoms with E-state index in [1.165, 1.54) is 69.5 Å². The molecule has 0 radical (unpaired) electrons. The predicted octanol–water partition coefficient (Wildman–Crippen LogP) is 6.48. The van der Waals surface area contributed by atoms with E-state index < -0.39 is 17.2 Å². The van der Waals surface area contributed by atoms with Crippen LogP contribution in [0.4, 0.5) is 0 Å². The minimum Gasteiger partial charge on any atom is -0.481 e. The van der Waals surface area contributed by atoms with Crippen LogP contribution >= 0.6 is 11.8 Å². The van der Waals surface area contributed by atoms with Gasteiger partial charge in [-0.25, -0.2) is 0 Å². The molecule has 158 valence electrons. The first-order valence-corrected chi connectivity index (χ1v) is 11.7. The average molecular weight is 409 g/mol. The van der Waals surface area contributed by atoms with E-state index in [1.807, 2.05) is 24.3 Å². The van der Waals surface area contributed by atoms with Crippen LogP contribution in [-0.4, -0.2) is 27.9 Å². The van der Waals surface area contributed by atoms with E-state index in [2.05, 4.69) is 6.92 Å². The van der Waals surface area contributed by atoms with Crippen LogP contribution in [0.15, 0.2) is 24.3 Å². The summed E-state index contributed by atoms with van der Waals surface area (Å²) >= 11 is 1.20. The summed E-state index contributed by atoms with van der Waals surface area (Å²) in [7, 11) is 0. The standard InChI is InChI=1S/C23H36O4S/c1-2-3-4-5-6-7-8-9-10-11-14-19-15-12-13-16-20(19)22(23(26)27)28-18-17-21(24)25/h12-13,15-16,22H,2-11,14,17-18H2,1H3,(H,24,25)(H,26,27)/t22-/m1/s1. The third-order valence-corrected chi connectivity index (χ3v) is 6.19. The maximum Gasteiger partial charge on any atom is 0.321 e. The van der Waals surface area contributed by atoms with Gasteiger partial charge in [-0.2, -0.15) is 0 Å². The Morgan fingerprint density at radius 1 is 0.893 bits per heavy atom. The van der Waals surface area contributed by atoms with Gasteiger partial charge in [0.1, 0.15) is 5.25 Å². The van der Waals surface area contributed by atoms with E-state index >= 15 is 0 Å².